The molecule has 0 unspecified atom stereocenters. The molecule has 1 nitrogen and oxygen atoms in total. The Morgan fingerprint density at radius 1 is 1.67 bits per heavy atom. The molecule has 2 heteroatoms. The van der Waals surface area contributed by atoms with Crippen LogP contribution >= 0.6 is 15.9 Å². The fourth-order valence-electron chi connectivity index (χ4n) is 1.09. The summed E-state index contributed by atoms with van der Waals surface area (Å²) in [4.78, 5) is 0. The lowest BCUT2D eigenvalue weighted by Gasteiger charge is -2.18. The van der Waals surface area contributed by atoms with E-state index in [1.807, 2.05) is 0 Å². The molecule has 0 aromatic rings. The highest BCUT2D eigenvalue weighted by molar-refractivity contribution is 9.11. The molecule has 0 radical (unpaired) electrons. The van der Waals surface area contributed by atoms with Crippen molar-refractivity contribution in [2.24, 2.45) is 0 Å². The van der Waals surface area contributed by atoms with Crippen LogP contribution in [-0.4, -0.2) is 11.2 Å². The summed E-state index contributed by atoms with van der Waals surface area (Å²) in [7, 11) is 0. The SMILES string of the molecule is CC1=C(Br)[C@@H](O)CCC1. The minimum Gasteiger partial charge on any atom is -0.388 e. The zero-order valence-electron chi connectivity index (χ0n) is 5.52. The van der Waals surface area contributed by atoms with Crippen molar-refractivity contribution in [3.63, 3.8) is 0 Å². The minimum absolute atomic E-state index is 0.223. The normalized spacial score (nSPS) is 29.0. The van der Waals surface area contributed by atoms with Crippen molar-refractivity contribution < 1.29 is 5.11 Å². The van der Waals surface area contributed by atoms with Gasteiger partial charge in [0.1, 0.15) is 0 Å². The average molecular weight is 191 g/mol. The smallest absolute Gasteiger partial charge is 0.0854 e. The molecule has 0 amide bonds. The third kappa shape index (κ3) is 1.55. The Balaban J connectivity index is 2.72. The molecule has 1 aliphatic carbocycles. The van der Waals surface area contributed by atoms with Crippen molar-refractivity contribution in [2.45, 2.75) is 32.3 Å². The number of halogens is 1. The van der Waals surface area contributed by atoms with Crippen molar-refractivity contribution in [3.8, 4) is 0 Å². The molecule has 0 fully saturated rings. The Morgan fingerprint density at radius 3 is 2.78 bits per heavy atom. The van der Waals surface area contributed by atoms with E-state index >= 15 is 0 Å². The standard InChI is InChI=1S/C7H11BrO/c1-5-3-2-4-6(9)7(5)8/h6,9H,2-4H2,1H3/t6-/m0/s1. The topological polar surface area (TPSA) is 20.2 Å². The summed E-state index contributed by atoms with van der Waals surface area (Å²) in [6.45, 7) is 2.06. The fourth-order valence-corrected chi connectivity index (χ4v) is 1.52. The van der Waals surface area contributed by atoms with Gasteiger partial charge in [-0.15, -0.1) is 0 Å². The molecule has 0 aliphatic heterocycles. The molecule has 1 atom stereocenters. The molecule has 1 N–H and O–H groups in total. The van der Waals surface area contributed by atoms with E-state index in [0.29, 0.717) is 0 Å². The fraction of sp³-hybridized carbons (Fsp3) is 0.714. The lowest BCUT2D eigenvalue weighted by molar-refractivity contribution is 0.199. The number of hydrogen-bond acceptors (Lipinski definition) is 1. The molecule has 0 saturated carbocycles. The van der Waals surface area contributed by atoms with Gasteiger partial charge in [-0.05, 0) is 26.2 Å². The van der Waals surface area contributed by atoms with Crippen LogP contribution in [0.15, 0.2) is 10.1 Å². The molecule has 9 heavy (non-hydrogen) atoms. The predicted octanol–water partition coefficient (Wildman–Crippen LogP) is 2.20. The minimum atomic E-state index is -0.223. The summed E-state index contributed by atoms with van der Waals surface area (Å²) in [5.41, 5.74) is 1.30. The zero-order valence-corrected chi connectivity index (χ0v) is 7.11. The van der Waals surface area contributed by atoms with Gasteiger partial charge in [0.15, 0.2) is 0 Å². The Kier molecular flexibility index (Phi) is 2.30. The van der Waals surface area contributed by atoms with Crippen LogP contribution < -0.4 is 0 Å². The second kappa shape index (κ2) is 2.84. The number of aliphatic hydroxyl groups is 1. The molecule has 0 aromatic heterocycles. The molecular formula is C7H11BrO. The third-order valence-electron chi connectivity index (χ3n) is 1.73. The van der Waals surface area contributed by atoms with Gasteiger partial charge in [-0.1, -0.05) is 21.5 Å². The van der Waals surface area contributed by atoms with Gasteiger partial charge in [0.2, 0.25) is 0 Å². The first-order chi connectivity index (χ1) is 4.22. The quantitative estimate of drug-likeness (QED) is 0.622. The second-order valence-electron chi connectivity index (χ2n) is 2.54. The Bertz CT molecular complexity index is 140. The van der Waals surface area contributed by atoms with Crippen molar-refractivity contribution >= 4 is 15.9 Å². The van der Waals surface area contributed by atoms with Crippen LogP contribution in [0.4, 0.5) is 0 Å². The van der Waals surface area contributed by atoms with Crippen LogP contribution in [0.1, 0.15) is 26.2 Å². The van der Waals surface area contributed by atoms with Crippen LogP contribution in [-0.2, 0) is 0 Å². The molecule has 0 spiro atoms. The molecule has 0 aromatic carbocycles. The van der Waals surface area contributed by atoms with Gasteiger partial charge in [-0.2, -0.15) is 0 Å². The molecule has 1 rings (SSSR count). The van der Waals surface area contributed by atoms with Gasteiger partial charge in [0.25, 0.3) is 0 Å². The van der Waals surface area contributed by atoms with Gasteiger partial charge in [-0.3, -0.25) is 0 Å². The van der Waals surface area contributed by atoms with E-state index in [2.05, 4.69) is 22.9 Å². The first-order valence-electron chi connectivity index (χ1n) is 3.25. The van der Waals surface area contributed by atoms with E-state index in [-0.39, 0.29) is 6.10 Å². The van der Waals surface area contributed by atoms with E-state index in [9.17, 15) is 5.11 Å². The van der Waals surface area contributed by atoms with Crippen LogP contribution in [0.2, 0.25) is 0 Å². The van der Waals surface area contributed by atoms with Crippen molar-refractivity contribution in [1.82, 2.24) is 0 Å². The average Bonchev–Trinajstić information content (AvgIpc) is 1.83. The number of hydrogen-bond donors (Lipinski definition) is 1. The van der Waals surface area contributed by atoms with Crippen molar-refractivity contribution in [1.29, 1.82) is 0 Å². The van der Waals surface area contributed by atoms with Crippen molar-refractivity contribution in [3.05, 3.63) is 10.1 Å². The summed E-state index contributed by atoms with van der Waals surface area (Å²) in [6.07, 6.45) is 2.95. The van der Waals surface area contributed by atoms with Crippen LogP contribution in [0, 0.1) is 0 Å². The van der Waals surface area contributed by atoms with E-state index in [1.165, 1.54) is 5.57 Å². The second-order valence-corrected chi connectivity index (χ2v) is 3.39. The van der Waals surface area contributed by atoms with Gasteiger partial charge in [-0.25, -0.2) is 0 Å². The highest BCUT2D eigenvalue weighted by Crippen LogP contribution is 2.28. The maximum Gasteiger partial charge on any atom is 0.0854 e. The van der Waals surface area contributed by atoms with Crippen LogP contribution in [0.5, 0.6) is 0 Å². The van der Waals surface area contributed by atoms with Gasteiger partial charge >= 0.3 is 0 Å². The first-order valence-corrected chi connectivity index (χ1v) is 4.04. The molecule has 0 saturated heterocycles. The first kappa shape index (κ1) is 7.29. The summed E-state index contributed by atoms with van der Waals surface area (Å²) in [5.74, 6) is 0. The molecule has 1 aliphatic rings. The zero-order chi connectivity index (χ0) is 6.85. The maximum absolute atomic E-state index is 9.24. The van der Waals surface area contributed by atoms with Gasteiger partial charge in [0, 0.05) is 4.48 Å². The van der Waals surface area contributed by atoms with E-state index in [0.717, 1.165) is 23.7 Å². The number of aliphatic hydroxyl groups excluding tert-OH is 1. The molecular weight excluding hydrogens is 180 g/mol. The van der Waals surface area contributed by atoms with Crippen molar-refractivity contribution in [2.75, 3.05) is 0 Å². The van der Waals surface area contributed by atoms with Gasteiger partial charge in [0.05, 0.1) is 6.10 Å². The summed E-state index contributed by atoms with van der Waals surface area (Å²) < 4.78 is 1.01. The van der Waals surface area contributed by atoms with E-state index in [4.69, 9.17) is 0 Å². The summed E-state index contributed by atoms with van der Waals surface area (Å²) >= 11 is 3.35. The Labute approximate surface area is 63.9 Å². The maximum atomic E-state index is 9.24. The van der Waals surface area contributed by atoms with Crippen LogP contribution in [0.25, 0.3) is 0 Å². The highest BCUT2D eigenvalue weighted by Gasteiger charge is 2.15. The Hall–Kier alpha value is 0.180. The van der Waals surface area contributed by atoms with Gasteiger partial charge < -0.3 is 5.11 Å². The monoisotopic (exact) mass is 190 g/mol. The highest BCUT2D eigenvalue weighted by atomic mass is 79.9. The molecule has 52 valence electrons. The molecule has 0 bridgehead atoms. The molecule has 0 heterocycles. The number of allylic oxidation sites excluding steroid dienone is 1. The lowest BCUT2D eigenvalue weighted by atomic mass is 9.99. The third-order valence-corrected chi connectivity index (χ3v) is 2.93. The Morgan fingerprint density at radius 2 is 2.33 bits per heavy atom. The summed E-state index contributed by atoms with van der Waals surface area (Å²) in [6, 6.07) is 0. The largest absolute Gasteiger partial charge is 0.388 e. The summed E-state index contributed by atoms with van der Waals surface area (Å²) in [5, 5.41) is 9.24. The van der Waals surface area contributed by atoms with E-state index < -0.39 is 0 Å². The number of rotatable bonds is 0. The predicted molar refractivity (Wildman–Crippen MR) is 41.5 cm³/mol. The van der Waals surface area contributed by atoms with Crippen LogP contribution in [0.3, 0.4) is 0 Å². The van der Waals surface area contributed by atoms with E-state index in [1.54, 1.807) is 0 Å². The lowest BCUT2D eigenvalue weighted by Crippen LogP contribution is -2.11.